The van der Waals surface area contributed by atoms with E-state index in [2.05, 4.69) is 48.3 Å². The maximum Gasteiger partial charge on any atom is 0.0929 e. The molecule has 2 aromatic rings. The van der Waals surface area contributed by atoms with E-state index in [-0.39, 0.29) is 0 Å². The van der Waals surface area contributed by atoms with Crippen LogP contribution >= 0.6 is 0 Å². The van der Waals surface area contributed by atoms with E-state index >= 15 is 0 Å². The third kappa shape index (κ3) is 3.38. The number of nitrogens with two attached hydrogens (primary N) is 1. The van der Waals surface area contributed by atoms with E-state index < -0.39 is 0 Å². The average molecular weight is 255 g/mol. The Morgan fingerprint density at radius 2 is 1.79 bits per heavy atom. The molecule has 2 rings (SSSR count). The minimum Gasteiger partial charge on any atom is -0.330 e. The highest BCUT2D eigenvalue weighted by molar-refractivity contribution is 5.58. The zero-order chi connectivity index (χ0) is 13.7. The molecule has 19 heavy (non-hydrogen) atoms. The maximum absolute atomic E-state index is 5.50. The van der Waals surface area contributed by atoms with Gasteiger partial charge in [0.1, 0.15) is 0 Å². The lowest BCUT2D eigenvalue weighted by Crippen LogP contribution is -2.05. The highest BCUT2D eigenvalue weighted by Crippen LogP contribution is 2.22. The van der Waals surface area contributed by atoms with Gasteiger partial charge < -0.3 is 5.73 Å². The van der Waals surface area contributed by atoms with Crippen LogP contribution in [0.4, 0.5) is 0 Å². The van der Waals surface area contributed by atoms with Gasteiger partial charge in [-0.25, -0.2) is 0 Å². The molecule has 1 unspecified atom stereocenters. The molecule has 0 aliphatic carbocycles. The normalized spacial score (nSPS) is 12.4. The van der Waals surface area contributed by atoms with Crippen LogP contribution in [0.3, 0.4) is 0 Å². The van der Waals surface area contributed by atoms with E-state index in [1.807, 2.05) is 12.1 Å². The summed E-state index contributed by atoms with van der Waals surface area (Å²) in [5, 5.41) is 8.45. The smallest absolute Gasteiger partial charge is 0.0929 e. The molecule has 2 N–H and O–H groups in total. The Morgan fingerprint density at radius 3 is 2.32 bits per heavy atom. The standard InChI is InChI=1S/C16H21N3/c1-3-12(2)13-4-6-14(7-5-13)16-9-8-15(10-11-17)18-19-16/h4-9,12H,3,10-11,17H2,1-2H3. The topological polar surface area (TPSA) is 51.8 Å². The second-order valence-electron chi connectivity index (χ2n) is 4.88. The van der Waals surface area contributed by atoms with E-state index in [4.69, 9.17) is 5.73 Å². The van der Waals surface area contributed by atoms with Crippen LogP contribution in [-0.2, 0) is 6.42 Å². The second kappa shape index (κ2) is 6.43. The summed E-state index contributed by atoms with van der Waals surface area (Å²) in [6.45, 7) is 5.06. The van der Waals surface area contributed by atoms with Crippen molar-refractivity contribution in [1.29, 1.82) is 0 Å². The molecule has 1 aromatic heterocycles. The Labute approximate surface area is 114 Å². The third-order valence-electron chi connectivity index (χ3n) is 3.51. The van der Waals surface area contributed by atoms with Crippen molar-refractivity contribution in [2.24, 2.45) is 5.73 Å². The van der Waals surface area contributed by atoms with Crippen molar-refractivity contribution < 1.29 is 0 Å². The van der Waals surface area contributed by atoms with Gasteiger partial charge in [-0.3, -0.25) is 0 Å². The molecular formula is C16H21N3. The van der Waals surface area contributed by atoms with Gasteiger partial charge in [0.25, 0.3) is 0 Å². The molecule has 0 aliphatic heterocycles. The van der Waals surface area contributed by atoms with Gasteiger partial charge in [-0.1, -0.05) is 38.1 Å². The Morgan fingerprint density at radius 1 is 1.05 bits per heavy atom. The van der Waals surface area contributed by atoms with E-state index in [9.17, 15) is 0 Å². The van der Waals surface area contributed by atoms with Gasteiger partial charge in [-0.15, -0.1) is 0 Å². The van der Waals surface area contributed by atoms with Gasteiger partial charge in [0.15, 0.2) is 0 Å². The van der Waals surface area contributed by atoms with Crippen LogP contribution in [0.15, 0.2) is 36.4 Å². The largest absolute Gasteiger partial charge is 0.330 e. The minimum absolute atomic E-state index is 0.604. The van der Waals surface area contributed by atoms with E-state index in [1.54, 1.807) is 0 Å². The van der Waals surface area contributed by atoms with Crippen LogP contribution < -0.4 is 5.73 Å². The molecule has 1 atom stereocenters. The number of nitrogens with zero attached hydrogens (tertiary/aromatic N) is 2. The molecule has 0 saturated heterocycles. The highest BCUT2D eigenvalue weighted by atomic mass is 15.1. The minimum atomic E-state index is 0.604. The van der Waals surface area contributed by atoms with Crippen molar-refractivity contribution in [3.63, 3.8) is 0 Å². The maximum atomic E-state index is 5.50. The second-order valence-corrected chi connectivity index (χ2v) is 4.88. The predicted octanol–water partition coefficient (Wildman–Crippen LogP) is 3.16. The number of hydrogen-bond donors (Lipinski definition) is 1. The zero-order valence-corrected chi connectivity index (χ0v) is 11.6. The Kier molecular flexibility index (Phi) is 4.63. The molecular weight excluding hydrogens is 234 g/mol. The first-order valence-corrected chi connectivity index (χ1v) is 6.87. The van der Waals surface area contributed by atoms with E-state index in [0.29, 0.717) is 12.5 Å². The molecule has 0 bridgehead atoms. The summed E-state index contributed by atoms with van der Waals surface area (Å²) in [6.07, 6.45) is 1.94. The molecule has 0 radical (unpaired) electrons. The first-order chi connectivity index (χ1) is 9.24. The molecule has 0 aliphatic rings. The summed E-state index contributed by atoms with van der Waals surface area (Å²) in [6, 6.07) is 12.6. The molecule has 100 valence electrons. The fourth-order valence-electron chi connectivity index (χ4n) is 2.01. The molecule has 0 amide bonds. The fraction of sp³-hybridized carbons (Fsp3) is 0.375. The molecule has 3 nitrogen and oxygen atoms in total. The molecule has 0 spiro atoms. The Hall–Kier alpha value is -1.74. The summed E-state index contributed by atoms with van der Waals surface area (Å²) in [5.41, 5.74) is 9.84. The highest BCUT2D eigenvalue weighted by Gasteiger charge is 2.04. The Bertz CT molecular complexity index is 503. The summed E-state index contributed by atoms with van der Waals surface area (Å²) in [4.78, 5) is 0. The van der Waals surface area contributed by atoms with Gasteiger partial charge >= 0.3 is 0 Å². The number of benzene rings is 1. The molecule has 0 fully saturated rings. The summed E-state index contributed by atoms with van der Waals surface area (Å²) >= 11 is 0. The fourth-order valence-corrected chi connectivity index (χ4v) is 2.01. The van der Waals surface area contributed by atoms with Crippen molar-refractivity contribution in [3.05, 3.63) is 47.7 Å². The molecule has 3 heteroatoms. The van der Waals surface area contributed by atoms with Crippen LogP contribution in [0.5, 0.6) is 0 Å². The summed E-state index contributed by atoms with van der Waals surface area (Å²) in [5.74, 6) is 0.604. The molecule has 1 heterocycles. The molecule has 0 saturated carbocycles. The van der Waals surface area contributed by atoms with Crippen molar-refractivity contribution >= 4 is 0 Å². The lowest BCUT2D eigenvalue weighted by molar-refractivity contribution is 0.734. The average Bonchev–Trinajstić information content (AvgIpc) is 2.48. The van der Waals surface area contributed by atoms with Crippen molar-refractivity contribution in [1.82, 2.24) is 10.2 Å². The predicted molar refractivity (Wildman–Crippen MR) is 78.9 cm³/mol. The monoisotopic (exact) mass is 255 g/mol. The first-order valence-electron chi connectivity index (χ1n) is 6.87. The van der Waals surface area contributed by atoms with Crippen molar-refractivity contribution in [2.45, 2.75) is 32.6 Å². The summed E-state index contributed by atoms with van der Waals surface area (Å²) in [7, 11) is 0. The molecule has 1 aromatic carbocycles. The van der Waals surface area contributed by atoms with Crippen LogP contribution in [0.1, 0.15) is 37.4 Å². The SMILES string of the molecule is CCC(C)c1ccc(-c2ccc(CCN)nn2)cc1. The van der Waals surface area contributed by atoms with Gasteiger partial charge in [-0.2, -0.15) is 10.2 Å². The van der Waals surface area contributed by atoms with Gasteiger partial charge in [-0.05, 0) is 36.6 Å². The number of hydrogen-bond acceptors (Lipinski definition) is 3. The third-order valence-corrected chi connectivity index (χ3v) is 3.51. The lowest BCUT2D eigenvalue weighted by atomic mass is 9.97. The summed E-state index contributed by atoms with van der Waals surface area (Å²) < 4.78 is 0. The van der Waals surface area contributed by atoms with E-state index in [1.165, 1.54) is 5.56 Å². The lowest BCUT2D eigenvalue weighted by Gasteiger charge is -2.09. The number of rotatable bonds is 5. The van der Waals surface area contributed by atoms with Gasteiger partial charge in [0.2, 0.25) is 0 Å². The quantitative estimate of drug-likeness (QED) is 0.893. The van der Waals surface area contributed by atoms with Crippen LogP contribution in [-0.4, -0.2) is 16.7 Å². The first kappa shape index (κ1) is 13.7. The van der Waals surface area contributed by atoms with Gasteiger partial charge in [0, 0.05) is 12.0 Å². The van der Waals surface area contributed by atoms with Crippen molar-refractivity contribution in [3.8, 4) is 11.3 Å². The van der Waals surface area contributed by atoms with Gasteiger partial charge in [0.05, 0.1) is 11.4 Å². The van der Waals surface area contributed by atoms with Crippen LogP contribution in [0.2, 0.25) is 0 Å². The Balaban J connectivity index is 2.17. The van der Waals surface area contributed by atoms with Crippen LogP contribution in [0.25, 0.3) is 11.3 Å². The van der Waals surface area contributed by atoms with E-state index in [0.717, 1.165) is 29.8 Å². The number of aromatic nitrogens is 2. The van der Waals surface area contributed by atoms with Crippen molar-refractivity contribution in [2.75, 3.05) is 6.54 Å². The van der Waals surface area contributed by atoms with Crippen LogP contribution in [0, 0.1) is 0 Å². The zero-order valence-electron chi connectivity index (χ0n) is 11.6.